The van der Waals surface area contributed by atoms with Crippen molar-refractivity contribution < 1.29 is 13.2 Å². The third-order valence-electron chi connectivity index (χ3n) is 2.29. The standard InChI is InChI=1S/C11H16ClN3O3S/c1-15(2)19(17,18)14-8-7-13-11(16)9-5-3-4-6-10(9)12/h3-6,14H,7-8H2,1-2H3,(H,13,16). The first-order chi connectivity index (χ1) is 8.84. The summed E-state index contributed by atoms with van der Waals surface area (Å²) in [5.74, 6) is -0.338. The van der Waals surface area contributed by atoms with Crippen molar-refractivity contribution >= 4 is 27.7 Å². The smallest absolute Gasteiger partial charge is 0.278 e. The van der Waals surface area contributed by atoms with E-state index in [1.165, 1.54) is 14.1 Å². The molecular weight excluding hydrogens is 290 g/mol. The fourth-order valence-electron chi connectivity index (χ4n) is 1.23. The Morgan fingerprint density at radius 2 is 1.89 bits per heavy atom. The van der Waals surface area contributed by atoms with Gasteiger partial charge in [-0.3, -0.25) is 4.79 Å². The molecule has 0 bridgehead atoms. The fourth-order valence-corrected chi connectivity index (χ4v) is 2.07. The number of carbonyl (C=O) groups is 1. The number of carbonyl (C=O) groups excluding carboxylic acids is 1. The minimum absolute atomic E-state index is 0.108. The Morgan fingerprint density at radius 3 is 2.47 bits per heavy atom. The predicted molar refractivity (Wildman–Crippen MR) is 74.4 cm³/mol. The summed E-state index contributed by atoms with van der Waals surface area (Å²) in [7, 11) is -0.620. The fraction of sp³-hybridized carbons (Fsp3) is 0.364. The third kappa shape index (κ3) is 4.79. The second-order valence-electron chi connectivity index (χ2n) is 3.92. The average molecular weight is 306 g/mol. The summed E-state index contributed by atoms with van der Waals surface area (Å²) in [6.07, 6.45) is 0. The first kappa shape index (κ1) is 15.9. The highest BCUT2D eigenvalue weighted by atomic mass is 35.5. The quantitative estimate of drug-likeness (QED) is 0.750. The lowest BCUT2D eigenvalue weighted by Crippen LogP contribution is -2.40. The molecule has 0 radical (unpaired) electrons. The van der Waals surface area contributed by atoms with Gasteiger partial charge in [0.15, 0.2) is 0 Å². The number of halogens is 1. The van der Waals surface area contributed by atoms with Crippen molar-refractivity contribution in [3.8, 4) is 0 Å². The molecule has 1 aromatic rings. The van der Waals surface area contributed by atoms with Crippen LogP contribution in [0.2, 0.25) is 5.02 Å². The lowest BCUT2D eigenvalue weighted by molar-refractivity contribution is 0.0954. The molecular formula is C11H16ClN3O3S. The Morgan fingerprint density at radius 1 is 1.26 bits per heavy atom. The lowest BCUT2D eigenvalue weighted by atomic mass is 10.2. The van der Waals surface area contributed by atoms with Gasteiger partial charge in [0.05, 0.1) is 10.6 Å². The van der Waals surface area contributed by atoms with Crippen LogP contribution in [0.15, 0.2) is 24.3 Å². The van der Waals surface area contributed by atoms with Crippen LogP contribution in [0, 0.1) is 0 Å². The molecule has 0 spiro atoms. The maximum atomic E-state index is 11.7. The first-order valence-corrected chi connectivity index (χ1v) is 7.36. The monoisotopic (exact) mass is 305 g/mol. The summed E-state index contributed by atoms with van der Waals surface area (Å²) in [6, 6.07) is 6.65. The first-order valence-electron chi connectivity index (χ1n) is 5.54. The average Bonchev–Trinajstić information content (AvgIpc) is 2.34. The molecule has 0 saturated carbocycles. The third-order valence-corrected chi connectivity index (χ3v) is 4.15. The molecule has 0 saturated heterocycles. The summed E-state index contributed by atoms with van der Waals surface area (Å²) in [5.41, 5.74) is 0.361. The van der Waals surface area contributed by atoms with Gasteiger partial charge >= 0.3 is 0 Å². The van der Waals surface area contributed by atoms with Crippen LogP contribution in [-0.4, -0.2) is 45.8 Å². The van der Waals surface area contributed by atoms with E-state index in [1.54, 1.807) is 24.3 Å². The zero-order valence-corrected chi connectivity index (χ0v) is 12.3. The minimum Gasteiger partial charge on any atom is -0.351 e. The van der Waals surface area contributed by atoms with Gasteiger partial charge in [-0.25, -0.2) is 4.72 Å². The van der Waals surface area contributed by atoms with Crippen molar-refractivity contribution in [2.45, 2.75) is 0 Å². The highest BCUT2D eigenvalue weighted by molar-refractivity contribution is 7.87. The molecule has 6 nitrogen and oxygen atoms in total. The van der Waals surface area contributed by atoms with Crippen molar-refractivity contribution in [2.24, 2.45) is 0 Å². The molecule has 1 rings (SSSR count). The van der Waals surface area contributed by atoms with E-state index in [0.717, 1.165) is 4.31 Å². The molecule has 0 aliphatic carbocycles. The number of hydrogen-bond acceptors (Lipinski definition) is 3. The molecule has 0 heterocycles. The minimum atomic E-state index is -3.46. The molecule has 1 amide bonds. The predicted octanol–water partition coefficient (Wildman–Crippen LogP) is 0.466. The van der Waals surface area contributed by atoms with Crippen LogP contribution in [0.4, 0.5) is 0 Å². The van der Waals surface area contributed by atoms with Gasteiger partial charge in [0.1, 0.15) is 0 Å². The summed E-state index contributed by atoms with van der Waals surface area (Å²) < 4.78 is 26.1. The van der Waals surface area contributed by atoms with Gasteiger partial charge in [-0.1, -0.05) is 23.7 Å². The van der Waals surface area contributed by atoms with Gasteiger partial charge in [0.2, 0.25) is 0 Å². The van der Waals surface area contributed by atoms with E-state index in [2.05, 4.69) is 10.0 Å². The molecule has 2 N–H and O–H groups in total. The van der Waals surface area contributed by atoms with Gasteiger partial charge in [0.25, 0.3) is 16.1 Å². The van der Waals surface area contributed by atoms with Gasteiger partial charge < -0.3 is 5.32 Å². The molecule has 0 atom stereocenters. The number of benzene rings is 1. The molecule has 0 aliphatic heterocycles. The van der Waals surface area contributed by atoms with Crippen LogP contribution >= 0.6 is 11.6 Å². The van der Waals surface area contributed by atoms with Crippen LogP contribution in [-0.2, 0) is 10.2 Å². The topological polar surface area (TPSA) is 78.5 Å². The van der Waals surface area contributed by atoms with Gasteiger partial charge in [0, 0.05) is 27.2 Å². The number of nitrogens with zero attached hydrogens (tertiary/aromatic N) is 1. The van der Waals surface area contributed by atoms with Crippen LogP contribution in [0.5, 0.6) is 0 Å². The normalized spacial score (nSPS) is 11.6. The van der Waals surface area contributed by atoms with Crippen LogP contribution < -0.4 is 10.0 Å². The summed E-state index contributed by atoms with van der Waals surface area (Å²) in [4.78, 5) is 11.7. The van der Waals surface area contributed by atoms with E-state index in [9.17, 15) is 13.2 Å². The van der Waals surface area contributed by atoms with Crippen molar-refractivity contribution in [3.05, 3.63) is 34.9 Å². The number of hydrogen-bond donors (Lipinski definition) is 2. The summed E-state index contributed by atoms with van der Waals surface area (Å²) in [5, 5.41) is 2.94. The van der Waals surface area contributed by atoms with Crippen LogP contribution in [0.3, 0.4) is 0 Å². The van der Waals surface area contributed by atoms with E-state index in [4.69, 9.17) is 11.6 Å². The largest absolute Gasteiger partial charge is 0.351 e. The van der Waals surface area contributed by atoms with Gasteiger partial charge in [-0.2, -0.15) is 12.7 Å². The van der Waals surface area contributed by atoms with E-state index < -0.39 is 10.2 Å². The maximum absolute atomic E-state index is 11.7. The van der Waals surface area contributed by atoms with Crippen LogP contribution in [0.1, 0.15) is 10.4 Å². The second kappa shape index (κ2) is 6.85. The van der Waals surface area contributed by atoms with E-state index >= 15 is 0 Å². The van der Waals surface area contributed by atoms with Gasteiger partial charge in [-0.15, -0.1) is 0 Å². The number of rotatable bonds is 6. The number of nitrogens with one attached hydrogen (secondary N) is 2. The van der Waals surface area contributed by atoms with E-state index in [1.807, 2.05) is 0 Å². The Hall–Kier alpha value is -1.15. The van der Waals surface area contributed by atoms with E-state index in [0.29, 0.717) is 10.6 Å². The highest BCUT2D eigenvalue weighted by Gasteiger charge is 2.12. The summed E-state index contributed by atoms with van der Waals surface area (Å²) in [6.45, 7) is 0.286. The lowest BCUT2D eigenvalue weighted by Gasteiger charge is -2.12. The van der Waals surface area contributed by atoms with Gasteiger partial charge in [-0.05, 0) is 12.1 Å². The van der Waals surface area contributed by atoms with Crippen molar-refractivity contribution in [1.29, 1.82) is 0 Å². The molecule has 106 valence electrons. The van der Waals surface area contributed by atoms with Crippen molar-refractivity contribution in [1.82, 2.24) is 14.3 Å². The van der Waals surface area contributed by atoms with Crippen molar-refractivity contribution in [2.75, 3.05) is 27.2 Å². The highest BCUT2D eigenvalue weighted by Crippen LogP contribution is 2.14. The Kier molecular flexibility index (Phi) is 5.74. The molecule has 0 unspecified atom stereocenters. The zero-order valence-electron chi connectivity index (χ0n) is 10.7. The Labute approximate surface area is 117 Å². The molecule has 0 aliphatic rings. The zero-order chi connectivity index (χ0) is 14.5. The second-order valence-corrected chi connectivity index (χ2v) is 6.29. The molecule has 19 heavy (non-hydrogen) atoms. The maximum Gasteiger partial charge on any atom is 0.278 e. The molecule has 8 heteroatoms. The Bertz CT molecular complexity index is 546. The molecule has 0 fully saturated rings. The summed E-state index contributed by atoms with van der Waals surface area (Å²) >= 11 is 5.87. The molecule has 0 aromatic heterocycles. The SMILES string of the molecule is CN(C)S(=O)(=O)NCCNC(=O)c1ccccc1Cl. The molecule has 1 aromatic carbocycles. The van der Waals surface area contributed by atoms with Crippen molar-refractivity contribution in [3.63, 3.8) is 0 Å². The van der Waals surface area contributed by atoms with Crippen LogP contribution in [0.25, 0.3) is 0 Å². The van der Waals surface area contributed by atoms with E-state index in [-0.39, 0.29) is 19.0 Å². The number of amides is 1. The Balaban J connectivity index is 2.43.